The van der Waals surface area contributed by atoms with Gasteiger partial charge in [-0.2, -0.15) is 11.8 Å². The Labute approximate surface area is 136 Å². The van der Waals surface area contributed by atoms with Crippen LogP contribution in [-0.2, 0) is 0 Å². The smallest absolute Gasteiger partial charge is 0.123 e. The van der Waals surface area contributed by atoms with Crippen LogP contribution in [0.3, 0.4) is 0 Å². The molecule has 0 aromatic rings. The number of aliphatic imine (C=N–C) groups is 1. The fourth-order valence-corrected chi connectivity index (χ4v) is 4.26. The number of aliphatic hydroxyl groups is 1. The molecule has 22 heavy (non-hydrogen) atoms. The Morgan fingerprint density at radius 3 is 3.09 bits per heavy atom. The summed E-state index contributed by atoms with van der Waals surface area (Å²) in [6, 6.07) is 0. The molecule has 0 amide bonds. The molecule has 122 valence electrons. The number of nitrogens with one attached hydrogen (secondary N) is 1. The Bertz CT molecular complexity index is 514. The average Bonchev–Trinajstić information content (AvgIpc) is 3.02. The predicted molar refractivity (Wildman–Crippen MR) is 92.9 cm³/mol. The second-order valence-corrected chi connectivity index (χ2v) is 8.21. The predicted octanol–water partition coefficient (Wildman–Crippen LogP) is 0.921. The first kappa shape index (κ1) is 16.1. The van der Waals surface area contributed by atoms with Crippen molar-refractivity contribution in [2.75, 3.05) is 25.4 Å². The maximum Gasteiger partial charge on any atom is 0.123 e. The van der Waals surface area contributed by atoms with E-state index in [0.717, 1.165) is 37.5 Å². The lowest BCUT2D eigenvalue weighted by atomic mass is 10.1. The van der Waals surface area contributed by atoms with Crippen LogP contribution in [0.5, 0.6) is 0 Å². The highest BCUT2D eigenvalue weighted by atomic mass is 32.2. The summed E-state index contributed by atoms with van der Waals surface area (Å²) in [5.74, 6) is 1.42. The second kappa shape index (κ2) is 6.74. The van der Waals surface area contributed by atoms with Crippen LogP contribution in [0.25, 0.3) is 0 Å². The number of allylic oxidation sites excluding steroid dienone is 1. The molecule has 0 radical (unpaired) electrons. The number of nitrogens with two attached hydrogens (primary N) is 1. The summed E-state index contributed by atoms with van der Waals surface area (Å²) in [5, 5.41) is 14.1. The third kappa shape index (κ3) is 3.40. The summed E-state index contributed by atoms with van der Waals surface area (Å²) in [4.78, 5) is 6.56. The summed E-state index contributed by atoms with van der Waals surface area (Å²) in [7, 11) is 0. The molecule has 4 N–H and O–H groups in total. The average molecular weight is 322 g/mol. The molecule has 0 saturated carbocycles. The molecule has 5 nitrogen and oxygen atoms in total. The molecule has 1 aliphatic carbocycles. The molecular weight excluding hydrogens is 296 g/mol. The maximum atomic E-state index is 10.3. The Kier molecular flexibility index (Phi) is 4.92. The van der Waals surface area contributed by atoms with Crippen LogP contribution in [0.2, 0.25) is 0 Å². The summed E-state index contributed by atoms with van der Waals surface area (Å²) >= 11 is 1.94. The minimum atomic E-state index is -0.204. The first-order valence-electron chi connectivity index (χ1n) is 8.03. The molecular formula is C16H26N4OS. The van der Waals surface area contributed by atoms with Gasteiger partial charge in [-0.05, 0) is 22.8 Å². The Hall–Kier alpha value is -0.820. The summed E-state index contributed by atoms with van der Waals surface area (Å²) in [6.45, 7) is 7.04. The van der Waals surface area contributed by atoms with Gasteiger partial charge in [-0.3, -0.25) is 9.89 Å². The Morgan fingerprint density at radius 2 is 2.32 bits per heavy atom. The molecule has 1 fully saturated rings. The van der Waals surface area contributed by atoms with Crippen LogP contribution in [0, 0.1) is 5.92 Å². The van der Waals surface area contributed by atoms with E-state index in [-0.39, 0.29) is 12.3 Å². The van der Waals surface area contributed by atoms with Crippen LogP contribution >= 0.6 is 11.8 Å². The standard InChI is InChI=1S/C16H26N4OS/c1-10(2)22-8-12-6-20(7-14(12)21)5-11-3-4-13-15(11)18-9-19-16(13)17/h3,9-10,12,14,16,21H,4-8,17H2,1-2H3,(H,18,19). The zero-order chi connectivity index (χ0) is 15.7. The highest BCUT2D eigenvalue weighted by Gasteiger charge is 2.33. The minimum absolute atomic E-state index is 0.204. The van der Waals surface area contributed by atoms with E-state index in [1.54, 1.807) is 6.34 Å². The lowest BCUT2D eigenvalue weighted by molar-refractivity contribution is 0.151. The second-order valence-electron chi connectivity index (χ2n) is 6.60. The first-order valence-corrected chi connectivity index (χ1v) is 9.07. The van der Waals surface area contributed by atoms with E-state index in [1.165, 1.54) is 11.1 Å². The van der Waals surface area contributed by atoms with Crippen molar-refractivity contribution in [2.24, 2.45) is 16.6 Å². The van der Waals surface area contributed by atoms with Gasteiger partial charge in [0.15, 0.2) is 0 Å². The van der Waals surface area contributed by atoms with Gasteiger partial charge in [0, 0.05) is 37.0 Å². The highest BCUT2D eigenvalue weighted by molar-refractivity contribution is 7.99. The molecule has 3 aliphatic rings. The lowest BCUT2D eigenvalue weighted by Crippen LogP contribution is -2.32. The number of hydrogen-bond acceptors (Lipinski definition) is 6. The number of nitrogens with zero attached hydrogens (tertiary/aromatic N) is 2. The van der Waals surface area contributed by atoms with Crippen molar-refractivity contribution in [3.63, 3.8) is 0 Å². The van der Waals surface area contributed by atoms with Crippen LogP contribution in [0.4, 0.5) is 0 Å². The van der Waals surface area contributed by atoms with E-state index in [4.69, 9.17) is 5.73 Å². The van der Waals surface area contributed by atoms with E-state index >= 15 is 0 Å². The van der Waals surface area contributed by atoms with Crippen molar-refractivity contribution in [2.45, 2.75) is 37.8 Å². The van der Waals surface area contributed by atoms with Crippen molar-refractivity contribution in [1.82, 2.24) is 10.2 Å². The van der Waals surface area contributed by atoms with Gasteiger partial charge in [-0.15, -0.1) is 0 Å². The molecule has 0 spiro atoms. The quantitative estimate of drug-likeness (QED) is 0.702. The molecule has 0 bridgehead atoms. The van der Waals surface area contributed by atoms with Gasteiger partial charge in [-0.25, -0.2) is 0 Å². The molecule has 0 aromatic heterocycles. The Morgan fingerprint density at radius 1 is 1.50 bits per heavy atom. The third-order valence-corrected chi connectivity index (χ3v) is 5.82. The van der Waals surface area contributed by atoms with E-state index in [2.05, 4.69) is 35.1 Å². The molecule has 6 heteroatoms. The largest absolute Gasteiger partial charge is 0.391 e. The maximum absolute atomic E-state index is 10.3. The summed E-state index contributed by atoms with van der Waals surface area (Å²) in [5.41, 5.74) is 9.64. The number of likely N-dealkylation sites (tertiary alicyclic amines) is 1. The molecule has 0 aromatic carbocycles. The highest BCUT2D eigenvalue weighted by Crippen LogP contribution is 2.30. The topological polar surface area (TPSA) is 73.9 Å². The van der Waals surface area contributed by atoms with E-state index in [9.17, 15) is 5.11 Å². The number of thioether (sulfide) groups is 1. The molecule has 3 rings (SSSR count). The van der Waals surface area contributed by atoms with Crippen molar-refractivity contribution < 1.29 is 5.11 Å². The van der Waals surface area contributed by atoms with Crippen LogP contribution < -0.4 is 11.1 Å². The number of rotatable bonds is 5. The van der Waals surface area contributed by atoms with Crippen LogP contribution in [-0.4, -0.2) is 59.3 Å². The van der Waals surface area contributed by atoms with Crippen LogP contribution in [0.15, 0.2) is 27.9 Å². The van der Waals surface area contributed by atoms with Crippen molar-refractivity contribution in [3.8, 4) is 0 Å². The van der Waals surface area contributed by atoms with Gasteiger partial charge in [0.2, 0.25) is 0 Å². The summed E-state index contributed by atoms with van der Waals surface area (Å²) in [6.07, 6.45) is 4.42. The number of β-amino-alcohol motifs (C(OH)–C–C–N with tert-alkyl or cyclic N) is 1. The van der Waals surface area contributed by atoms with Gasteiger partial charge in [0.1, 0.15) is 6.17 Å². The summed E-state index contributed by atoms with van der Waals surface area (Å²) < 4.78 is 0. The van der Waals surface area contributed by atoms with E-state index < -0.39 is 0 Å². The van der Waals surface area contributed by atoms with Gasteiger partial charge >= 0.3 is 0 Å². The zero-order valence-electron chi connectivity index (χ0n) is 13.3. The van der Waals surface area contributed by atoms with Gasteiger partial charge < -0.3 is 16.2 Å². The SMILES string of the molecule is CC(C)SCC1CN(CC2=CCC3=C2NC=NC3N)CC1O. The van der Waals surface area contributed by atoms with Gasteiger partial charge in [0.25, 0.3) is 0 Å². The monoisotopic (exact) mass is 322 g/mol. The van der Waals surface area contributed by atoms with Crippen LogP contribution in [0.1, 0.15) is 20.3 Å². The molecule has 3 unspecified atom stereocenters. The van der Waals surface area contributed by atoms with E-state index in [1.807, 2.05) is 11.8 Å². The van der Waals surface area contributed by atoms with Crippen molar-refractivity contribution >= 4 is 18.1 Å². The fraction of sp³-hybridized carbons (Fsp3) is 0.688. The molecule has 3 atom stereocenters. The first-order chi connectivity index (χ1) is 10.5. The number of aliphatic hydroxyl groups excluding tert-OH is 1. The minimum Gasteiger partial charge on any atom is -0.391 e. The molecule has 2 heterocycles. The van der Waals surface area contributed by atoms with Crippen molar-refractivity contribution in [3.05, 3.63) is 22.9 Å². The lowest BCUT2D eigenvalue weighted by Gasteiger charge is -2.22. The van der Waals surface area contributed by atoms with Gasteiger partial charge in [0.05, 0.1) is 12.4 Å². The van der Waals surface area contributed by atoms with Crippen molar-refractivity contribution in [1.29, 1.82) is 0 Å². The zero-order valence-corrected chi connectivity index (χ0v) is 14.1. The fourth-order valence-electron chi connectivity index (χ4n) is 3.30. The van der Waals surface area contributed by atoms with Gasteiger partial charge in [-0.1, -0.05) is 19.9 Å². The Balaban J connectivity index is 1.56. The molecule has 2 aliphatic heterocycles. The molecule has 1 saturated heterocycles. The number of hydrogen-bond donors (Lipinski definition) is 3. The third-order valence-electron chi connectivity index (χ3n) is 4.53. The normalized spacial score (nSPS) is 31.7. The van der Waals surface area contributed by atoms with E-state index in [0.29, 0.717) is 11.2 Å².